The maximum Gasteiger partial charge on any atom is 0.282 e. The average Bonchev–Trinajstić information content (AvgIpc) is 3.19. The van der Waals surface area contributed by atoms with Crippen molar-refractivity contribution < 1.29 is 9.26 Å². The molecule has 0 radical (unpaired) electrons. The van der Waals surface area contributed by atoms with E-state index in [1.54, 1.807) is 18.0 Å². The van der Waals surface area contributed by atoms with Crippen LogP contribution in [0.5, 0.6) is 5.75 Å². The van der Waals surface area contributed by atoms with Gasteiger partial charge < -0.3 is 9.26 Å². The molecule has 0 saturated heterocycles. The van der Waals surface area contributed by atoms with Gasteiger partial charge in [-0.25, -0.2) is 4.68 Å². The maximum atomic E-state index is 12.2. The van der Waals surface area contributed by atoms with Crippen LogP contribution in [0.2, 0.25) is 0 Å². The Labute approximate surface area is 148 Å². The van der Waals surface area contributed by atoms with E-state index in [-0.39, 0.29) is 17.0 Å². The summed E-state index contributed by atoms with van der Waals surface area (Å²) in [4.78, 5) is 16.5. The van der Waals surface area contributed by atoms with Gasteiger partial charge in [-0.1, -0.05) is 41.6 Å². The lowest BCUT2D eigenvalue weighted by molar-refractivity contribution is 0.414. The van der Waals surface area contributed by atoms with Crippen molar-refractivity contribution in [3.63, 3.8) is 0 Å². The third-order valence-electron chi connectivity index (χ3n) is 3.79. The second-order valence-electron chi connectivity index (χ2n) is 5.46. The molecule has 0 saturated carbocycles. The lowest BCUT2D eigenvalue weighted by Gasteiger charge is -2.07. The number of hydrogen-bond donors (Lipinski definition) is 0. The second-order valence-corrected chi connectivity index (χ2v) is 5.46. The van der Waals surface area contributed by atoms with Gasteiger partial charge in [0.1, 0.15) is 5.75 Å². The monoisotopic (exact) mass is 346 g/mol. The Morgan fingerprint density at radius 1 is 1.04 bits per heavy atom. The smallest absolute Gasteiger partial charge is 0.282 e. The molecular formula is C19H14N4O3. The van der Waals surface area contributed by atoms with Gasteiger partial charge in [0.15, 0.2) is 5.69 Å². The van der Waals surface area contributed by atoms with Crippen LogP contribution in [0.4, 0.5) is 0 Å². The molecule has 0 amide bonds. The number of ether oxygens (including phenoxy) is 1. The minimum atomic E-state index is -0.299. The van der Waals surface area contributed by atoms with E-state index in [4.69, 9.17) is 9.26 Å². The van der Waals surface area contributed by atoms with Crippen molar-refractivity contribution in [3.05, 3.63) is 77.1 Å². The molecule has 4 aromatic rings. The zero-order chi connectivity index (χ0) is 17.9. The van der Waals surface area contributed by atoms with E-state index in [9.17, 15) is 4.79 Å². The zero-order valence-corrected chi connectivity index (χ0v) is 13.9. The summed E-state index contributed by atoms with van der Waals surface area (Å²) in [5.74, 6) is 1.17. The molecule has 2 aromatic carbocycles. The van der Waals surface area contributed by atoms with E-state index in [0.717, 1.165) is 11.3 Å². The predicted molar refractivity (Wildman–Crippen MR) is 95.1 cm³/mol. The number of aromatic nitrogens is 4. The summed E-state index contributed by atoms with van der Waals surface area (Å²) >= 11 is 0. The van der Waals surface area contributed by atoms with E-state index < -0.39 is 0 Å². The Bertz CT molecular complexity index is 1100. The fourth-order valence-electron chi connectivity index (χ4n) is 2.48. The Morgan fingerprint density at radius 2 is 1.88 bits per heavy atom. The van der Waals surface area contributed by atoms with Crippen LogP contribution in [0, 0.1) is 0 Å². The van der Waals surface area contributed by atoms with Crippen LogP contribution in [-0.4, -0.2) is 27.0 Å². The number of hydrogen-bond acceptors (Lipinski definition) is 6. The van der Waals surface area contributed by atoms with Gasteiger partial charge >= 0.3 is 0 Å². The average molecular weight is 346 g/mol. The van der Waals surface area contributed by atoms with Gasteiger partial charge in [0.05, 0.1) is 12.8 Å². The predicted octanol–water partition coefficient (Wildman–Crippen LogP) is 2.96. The lowest BCUT2D eigenvalue weighted by Crippen LogP contribution is -2.12. The summed E-state index contributed by atoms with van der Waals surface area (Å²) in [5.41, 5.74) is 1.33. The molecule has 26 heavy (non-hydrogen) atoms. The van der Waals surface area contributed by atoms with Crippen molar-refractivity contribution in [2.24, 2.45) is 0 Å². The third-order valence-corrected chi connectivity index (χ3v) is 3.79. The van der Waals surface area contributed by atoms with Crippen LogP contribution < -0.4 is 10.2 Å². The molecule has 2 aromatic heterocycles. The number of methoxy groups -OCH3 is 1. The standard InChI is InChI=1S/C19H14N4O3/c1-25-15-9-5-8-14(12-15)23-11-10-16(24)17(21-23)19-20-18(22-26-19)13-6-3-2-4-7-13/h2-12H,1H3. The molecule has 0 aliphatic heterocycles. The highest BCUT2D eigenvalue weighted by Crippen LogP contribution is 2.20. The van der Waals surface area contributed by atoms with E-state index in [0.29, 0.717) is 11.6 Å². The number of rotatable bonds is 4. The van der Waals surface area contributed by atoms with Crippen LogP contribution in [0.15, 0.2) is 76.2 Å². The van der Waals surface area contributed by atoms with E-state index in [1.807, 2.05) is 54.6 Å². The van der Waals surface area contributed by atoms with Crippen LogP contribution in [0.25, 0.3) is 28.7 Å². The summed E-state index contributed by atoms with van der Waals surface area (Å²) in [6.45, 7) is 0. The van der Waals surface area contributed by atoms with Gasteiger partial charge in [0, 0.05) is 23.9 Å². The Morgan fingerprint density at radius 3 is 2.69 bits per heavy atom. The van der Waals surface area contributed by atoms with Crippen LogP contribution in [0.3, 0.4) is 0 Å². The fraction of sp³-hybridized carbons (Fsp3) is 0.0526. The van der Waals surface area contributed by atoms with E-state index in [2.05, 4.69) is 15.2 Å². The Hall–Kier alpha value is -3.74. The molecule has 2 heterocycles. The molecule has 7 nitrogen and oxygen atoms in total. The molecule has 0 fully saturated rings. The largest absolute Gasteiger partial charge is 0.497 e. The van der Waals surface area contributed by atoms with Crippen molar-refractivity contribution in [1.29, 1.82) is 0 Å². The highest BCUT2D eigenvalue weighted by atomic mass is 16.5. The molecule has 0 atom stereocenters. The highest BCUT2D eigenvalue weighted by Gasteiger charge is 2.16. The normalized spacial score (nSPS) is 10.7. The molecule has 0 aliphatic carbocycles. The molecule has 0 N–H and O–H groups in total. The fourth-order valence-corrected chi connectivity index (χ4v) is 2.48. The zero-order valence-electron chi connectivity index (χ0n) is 13.9. The maximum absolute atomic E-state index is 12.2. The van der Waals surface area contributed by atoms with Crippen LogP contribution >= 0.6 is 0 Å². The van der Waals surface area contributed by atoms with E-state index >= 15 is 0 Å². The molecule has 0 bridgehead atoms. The van der Waals surface area contributed by atoms with Gasteiger partial charge in [0.2, 0.25) is 11.3 Å². The van der Waals surface area contributed by atoms with Crippen molar-refractivity contribution in [2.75, 3.05) is 7.11 Å². The summed E-state index contributed by atoms with van der Waals surface area (Å²) in [7, 11) is 1.59. The second kappa shape index (κ2) is 6.64. The first-order valence-electron chi connectivity index (χ1n) is 7.88. The van der Waals surface area contributed by atoms with Crippen molar-refractivity contribution in [1.82, 2.24) is 19.9 Å². The molecule has 0 spiro atoms. The quantitative estimate of drug-likeness (QED) is 0.565. The van der Waals surface area contributed by atoms with Crippen LogP contribution in [-0.2, 0) is 0 Å². The molecule has 4 rings (SSSR count). The minimum absolute atomic E-state index is 0.0751. The van der Waals surface area contributed by atoms with E-state index in [1.165, 1.54) is 6.07 Å². The molecular weight excluding hydrogens is 332 g/mol. The molecule has 0 aliphatic rings. The molecule has 0 unspecified atom stereocenters. The van der Waals surface area contributed by atoms with Crippen molar-refractivity contribution in [3.8, 4) is 34.4 Å². The van der Waals surface area contributed by atoms with Crippen LogP contribution in [0.1, 0.15) is 0 Å². The Kier molecular flexibility index (Phi) is 4.03. The summed E-state index contributed by atoms with van der Waals surface area (Å²) < 4.78 is 12.0. The lowest BCUT2D eigenvalue weighted by atomic mass is 10.2. The topological polar surface area (TPSA) is 83.0 Å². The Balaban J connectivity index is 1.76. The van der Waals surface area contributed by atoms with Crippen molar-refractivity contribution >= 4 is 0 Å². The molecule has 7 heteroatoms. The minimum Gasteiger partial charge on any atom is -0.497 e. The highest BCUT2D eigenvalue weighted by molar-refractivity contribution is 5.57. The van der Waals surface area contributed by atoms with Gasteiger partial charge in [0.25, 0.3) is 5.89 Å². The SMILES string of the molecule is COc1cccc(-n2ccc(=O)c(-c3nc(-c4ccccc4)no3)n2)c1. The summed E-state index contributed by atoms with van der Waals surface area (Å²) in [6, 6.07) is 18.1. The summed E-state index contributed by atoms with van der Waals surface area (Å²) in [5, 5.41) is 8.29. The molecule has 128 valence electrons. The first-order chi connectivity index (χ1) is 12.7. The van der Waals surface area contributed by atoms with Crippen molar-refractivity contribution in [2.45, 2.75) is 0 Å². The summed E-state index contributed by atoms with van der Waals surface area (Å²) in [6.07, 6.45) is 1.58. The van der Waals surface area contributed by atoms with Gasteiger partial charge in [-0.3, -0.25) is 4.79 Å². The first-order valence-corrected chi connectivity index (χ1v) is 7.88. The third kappa shape index (κ3) is 2.98. The van der Waals surface area contributed by atoms with Gasteiger partial charge in [-0.15, -0.1) is 0 Å². The number of benzene rings is 2. The number of nitrogens with zero attached hydrogens (tertiary/aromatic N) is 4. The van der Waals surface area contributed by atoms with Gasteiger partial charge in [-0.2, -0.15) is 10.1 Å². The first kappa shape index (κ1) is 15.8. The van der Waals surface area contributed by atoms with Gasteiger partial charge in [-0.05, 0) is 12.1 Å².